The second-order valence-electron chi connectivity index (χ2n) is 8.39. The topological polar surface area (TPSA) is 87.7 Å². The van der Waals surface area contributed by atoms with E-state index >= 15 is 0 Å². The molecule has 0 unspecified atom stereocenters. The Bertz CT molecular complexity index is 1080. The largest absolute Gasteiger partial charge is 0.491 e. The number of amides is 1. The van der Waals surface area contributed by atoms with Crippen LogP contribution in [0.2, 0.25) is 0 Å². The molecule has 0 spiro atoms. The molecule has 7 heteroatoms. The Morgan fingerprint density at radius 3 is 2.53 bits per heavy atom. The van der Waals surface area contributed by atoms with Crippen LogP contribution in [0.4, 0.5) is 16.2 Å². The first-order chi connectivity index (χ1) is 15.5. The Hall–Kier alpha value is -3.19. The summed E-state index contributed by atoms with van der Waals surface area (Å²) in [6, 6.07) is 14.2. The number of ether oxygens (including phenoxy) is 3. The Kier molecular flexibility index (Phi) is 6.55. The molecule has 0 atom stereocenters. The molecule has 1 heterocycles. The van der Waals surface area contributed by atoms with Crippen molar-refractivity contribution in [3.8, 4) is 17.0 Å². The summed E-state index contributed by atoms with van der Waals surface area (Å²) in [5.74, 6) is 0.808. The molecule has 170 valence electrons. The van der Waals surface area contributed by atoms with Gasteiger partial charge in [0.05, 0.1) is 29.6 Å². The van der Waals surface area contributed by atoms with Crippen LogP contribution in [0.3, 0.4) is 0 Å². The van der Waals surface area contributed by atoms with E-state index in [0.717, 1.165) is 46.4 Å². The predicted octanol–water partition coefficient (Wildman–Crippen LogP) is 5.60. The van der Waals surface area contributed by atoms with Gasteiger partial charge in [0.25, 0.3) is 0 Å². The van der Waals surface area contributed by atoms with E-state index < -0.39 is 6.09 Å². The molecule has 3 aromatic rings. The molecule has 1 fully saturated rings. The summed E-state index contributed by atoms with van der Waals surface area (Å²) < 4.78 is 18.4. The second kappa shape index (κ2) is 9.53. The van der Waals surface area contributed by atoms with E-state index in [4.69, 9.17) is 19.9 Å². The zero-order chi connectivity index (χ0) is 22.7. The van der Waals surface area contributed by atoms with Crippen molar-refractivity contribution in [3.05, 3.63) is 42.5 Å². The van der Waals surface area contributed by atoms with Gasteiger partial charge in [-0.05, 0) is 57.4 Å². The first kappa shape index (κ1) is 22.0. The van der Waals surface area contributed by atoms with Crippen molar-refractivity contribution in [1.29, 1.82) is 0 Å². The third-order valence-electron chi connectivity index (χ3n) is 5.76. The summed E-state index contributed by atoms with van der Waals surface area (Å²) in [5.41, 5.74) is 11.2. The Morgan fingerprint density at radius 1 is 1.16 bits per heavy atom. The lowest BCUT2D eigenvalue weighted by molar-refractivity contribution is 0.130. The van der Waals surface area contributed by atoms with Gasteiger partial charge in [-0.1, -0.05) is 12.1 Å². The summed E-state index contributed by atoms with van der Waals surface area (Å²) in [4.78, 5) is 11.9. The van der Waals surface area contributed by atoms with Gasteiger partial charge >= 0.3 is 6.09 Å². The van der Waals surface area contributed by atoms with Gasteiger partial charge < -0.3 is 24.5 Å². The summed E-state index contributed by atoms with van der Waals surface area (Å²) in [6.45, 7) is 4.68. The van der Waals surface area contributed by atoms with Crippen molar-refractivity contribution in [3.63, 3.8) is 0 Å². The Labute approximate surface area is 188 Å². The van der Waals surface area contributed by atoms with Gasteiger partial charge in [-0.15, -0.1) is 0 Å². The average molecular weight is 438 g/mol. The van der Waals surface area contributed by atoms with Crippen LogP contribution in [0.5, 0.6) is 5.75 Å². The van der Waals surface area contributed by atoms with Crippen LogP contribution in [-0.2, 0) is 9.47 Å². The number of carbonyl (C=O) groups is 1. The van der Waals surface area contributed by atoms with Crippen LogP contribution in [0.25, 0.3) is 22.2 Å². The Balaban J connectivity index is 1.68. The molecule has 1 aliphatic carbocycles. The SMILES string of the molecule is COCCOc1ccc2c(N)c(-c3ccc(NC(=O)OC(C)C)cc3)n(C3CCC3)c2c1. The lowest BCUT2D eigenvalue weighted by Crippen LogP contribution is -2.18. The molecular formula is C25H31N3O4. The molecular weight excluding hydrogens is 406 g/mol. The molecule has 1 saturated carbocycles. The highest BCUT2D eigenvalue weighted by molar-refractivity contribution is 6.01. The minimum atomic E-state index is -0.461. The number of nitrogens with two attached hydrogens (primary N) is 1. The number of aromatic nitrogens is 1. The number of nitrogens with zero attached hydrogens (tertiary/aromatic N) is 1. The zero-order valence-corrected chi connectivity index (χ0v) is 18.9. The normalized spacial score (nSPS) is 13.9. The number of nitrogen functional groups attached to an aromatic ring is 1. The third kappa shape index (κ3) is 4.53. The molecule has 7 nitrogen and oxygen atoms in total. The van der Waals surface area contributed by atoms with Gasteiger partial charge in [0.1, 0.15) is 12.4 Å². The maximum absolute atomic E-state index is 11.9. The van der Waals surface area contributed by atoms with E-state index in [1.807, 2.05) is 50.2 Å². The van der Waals surface area contributed by atoms with Crippen molar-refractivity contribution < 1.29 is 19.0 Å². The number of nitrogens with one attached hydrogen (secondary N) is 1. The number of carbonyl (C=O) groups excluding carboxylic acids is 1. The fourth-order valence-electron chi connectivity index (χ4n) is 4.04. The summed E-state index contributed by atoms with van der Waals surface area (Å²) >= 11 is 0. The average Bonchev–Trinajstić information content (AvgIpc) is 2.99. The van der Waals surface area contributed by atoms with Crippen molar-refractivity contribution >= 4 is 28.4 Å². The number of hydrogen-bond donors (Lipinski definition) is 2. The summed E-state index contributed by atoms with van der Waals surface area (Å²) in [7, 11) is 1.66. The maximum Gasteiger partial charge on any atom is 0.411 e. The molecule has 3 N–H and O–H groups in total. The monoisotopic (exact) mass is 437 g/mol. The van der Waals surface area contributed by atoms with Crippen molar-refractivity contribution in [2.75, 3.05) is 31.4 Å². The van der Waals surface area contributed by atoms with Crippen molar-refractivity contribution in [2.24, 2.45) is 0 Å². The number of methoxy groups -OCH3 is 1. The minimum absolute atomic E-state index is 0.171. The molecule has 2 aromatic carbocycles. The number of rotatable bonds is 8. The Morgan fingerprint density at radius 2 is 1.91 bits per heavy atom. The fraction of sp³-hybridized carbons (Fsp3) is 0.400. The molecule has 0 bridgehead atoms. The van der Waals surface area contributed by atoms with Gasteiger partial charge in [-0.25, -0.2) is 4.79 Å². The van der Waals surface area contributed by atoms with Gasteiger partial charge in [0.2, 0.25) is 0 Å². The quantitative estimate of drug-likeness (QED) is 0.448. The van der Waals surface area contributed by atoms with Crippen molar-refractivity contribution in [1.82, 2.24) is 4.57 Å². The molecule has 0 radical (unpaired) electrons. The van der Waals surface area contributed by atoms with Gasteiger partial charge in [0, 0.05) is 35.9 Å². The van der Waals surface area contributed by atoms with Crippen molar-refractivity contribution in [2.45, 2.75) is 45.3 Å². The molecule has 0 saturated heterocycles. The molecule has 32 heavy (non-hydrogen) atoms. The predicted molar refractivity (Wildman–Crippen MR) is 127 cm³/mol. The van der Waals surface area contributed by atoms with E-state index in [1.54, 1.807) is 7.11 Å². The number of hydrogen-bond acceptors (Lipinski definition) is 5. The first-order valence-electron chi connectivity index (χ1n) is 11.1. The van der Waals surface area contributed by atoms with Gasteiger partial charge in [0.15, 0.2) is 0 Å². The maximum atomic E-state index is 11.9. The summed E-state index contributed by atoms with van der Waals surface area (Å²) in [6.07, 6.45) is 2.85. The second-order valence-corrected chi connectivity index (χ2v) is 8.39. The van der Waals surface area contributed by atoms with E-state index in [1.165, 1.54) is 6.42 Å². The minimum Gasteiger partial charge on any atom is -0.491 e. The van der Waals surface area contributed by atoms with Crippen LogP contribution in [0.15, 0.2) is 42.5 Å². The first-order valence-corrected chi connectivity index (χ1v) is 11.1. The number of fused-ring (bicyclic) bond motifs is 1. The van der Waals surface area contributed by atoms with Gasteiger partial charge in [-0.2, -0.15) is 0 Å². The molecule has 0 aliphatic heterocycles. The molecule has 1 aliphatic rings. The lowest BCUT2D eigenvalue weighted by atomic mass is 9.92. The van der Waals surface area contributed by atoms with Crippen LogP contribution in [0.1, 0.15) is 39.2 Å². The van der Waals surface area contributed by atoms with Crippen LogP contribution in [-0.4, -0.2) is 37.1 Å². The highest BCUT2D eigenvalue weighted by Crippen LogP contribution is 2.44. The van der Waals surface area contributed by atoms with Crippen LogP contribution < -0.4 is 15.8 Å². The van der Waals surface area contributed by atoms with E-state index in [0.29, 0.717) is 24.9 Å². The highest BCUT2D eigenvalue weighted by Gasteiger charge is 2.27. The third-order valence-corrected chi connectivity index (χ3v) is 5.76. The van der Waals surface area contributed by atoms with E-state index in [-0.39, 0.29) is 6.10 Å². The molecule has 4 rings (SSSR count). The fourth-order valence-corrected chi connectivity index (χ4v) is 4.04. The number of benzene rings is 2. The standard InChI is InChI=1S/C25H31N3O4/c1-16(2)32-25(29)27-18-9-7-17(8-10-18)24-23(26)21-12-11-20(31-14-13-30-3)15-22(21)28(24)19-5-4-6-19/h7-12,15-16,19H,4-6,13-14,26H2,1-3H3,(H,27,29). The van der Waals surface area contributed by atoms with E-state index in [9.17, 15) is 4.79 Å². The van der Waals surface area contributed by atoms with Crippen LogP contribution in [0, 0.1) is 0 Å². The number of anilines is 2. The zero-order valence-electron chi connectivity index (χ0n) is 18.9. The lowest BCUT2D eigenvalue weighted by Gasteiger charge is -2.30. The smallest absolute Gasteiger partial charge is 0.411 e. The molecule has 1 amide bonds. The summed E-state index contributed by atoms with van der Waals surface area (Å²) in [5, 5.41) is 3.78. The van der Waals surface area contributed by atoms with E-state index in [2.05, 4.69) is 16.0 Å². The van der Waals surface area contributed by atoms with Gasteiger partial charge in [-0.3, -0.25) is 5.32 Å². The van der Waals surface area contributed by atoms with Crippen LogP contribution >= 0.6 is 0 Å². The highest BCUT2D eigenvalue weighted by atomic mass is 16.6. The molecule has 1 aromatic heterocycles.